The third-order valence-corrected chi connectivity index (χ3v) is 4.98. The number of nitrogens with one attached hydrogen (secondary N) is 2. The summed E-state index contributed by atoms with van der Waals surface area (Å²) in [4.78, 5) is 14.7. The molecule has 2 amide bonds. The van der Waals surface area contributed by atoms with Crippen molar-refractivity contribution in [3.63, 3.8) is 0 Å². The number of ether oxygens (including phenoxy) is 1. The molecule has 2 aliphatic rings. The van der Waals surface area contributed by atoms with E-state index in [1.165, 1.54) is 6.42 Å². The van der Waals surface area contributed by atoms with E-state index < -0.39 is 0 Å². The molecule has 6 heteroatoms. The summed E-state index contributed by atoms with van der Waals surface area (Å²) >= 11 is 0. The monoisotopic (exact) mass is 306 g/mol. The number of likely N-dealkylation sites (tertiary alicyclic amines) is 1. The smallest absolute Gasteiger partial charge is 0.318 e. The van der Waals surface area contributed by atoms with Crippen LogP contribution >= 0.6 is 0 Å². The van der Waals surface area contributed by atoms with Gasteiger partial charge in [0.1, 0.15) is 0 Å². The summed E-state index contributed by atoms with van der Waals surface area (Å²) in [6, 6.07) is 0.315. The molecule has 2 fully saturated rings. The van der Waals surface area contributed by atoms with Crippen LogP contribution in [0.15, 0.2) is 12.4 Å². The minimum atomic E-state index is 0.0415. The number of piperidine rings is 1. The minimum absolute atomic E-state index is 0.0415. The van der Waals surface area contributed by atoms with Gasteiger partial charge in [-0.3, -0.25) is 5.10 Å². The Hall–Kier alpha value is -1.56. The average Bonchev–Trinajstić information content (AvgIpc) is 3.09. The van der Waals surface area contributed by atoms with Crippen LogP contribution < -0.4 is 5.32 Å². The third-order valence-electron chi connectivity index (χ3n) is 4.98. The topological polar surface area (TPSA) is 70.2 Å². The van der Waals surface area contributed by atoms with E-state index in [0.717, 1.165) is 50.6 Å². The molecule has 0 spiro atoms. The van der Waals surface area contributed by atoms with Crippen molar-refractivity contribution in [2.75, 3.05) is 13.7 Å². The van der Waals surface area contributed by atoms with E-state index in [2.05, 4.69) is 15.5 Å². The zero-order valence-electron chi connectivity index (χ0n) is 13.3. The molecule has 3 rings (SSSR count). The van der Waals surface area contributed by atoms with Crippen LogP contribution in [0, 0.1) is 0 Å². The van der Waals surface area contributed by atoms with Crippen LogP contribution in [0.1, 0.15) is 56.6 Å². The molecule has 1 aliphatic carbocycles. The number of aromatic nitrogens is 2. The maximum Gasteiger partial charge on any atom is 0.318 e. The van der Waals surface area contributed by atoms with Crippen LogP contribution in [-0.2, 0) is 4.74 Å². The zero-order chi connectivity index (χ0) is 15.4. The number of nitrogens with zero attached hydrogens (tertiary/aromatic N) is 2. The molecule has 6 nitrogen and oxygen atoms in total. The fraction of sp³-hybridized carbons (Fsp3) is 0.750. The lowest BCUT2D eigenvalue weighted by Crippen LogP contribution is -2.52. The molecule has 22 heavy (non-hydrogen) atoms. The Morgan fingerprint density at radius 1 is 1.32 bits per heavy atom. The maximum atomic E-state index is 12.8. The second kappa shape index (κ2) is 7.13. The number of aromatic amines is 1. The molecule has 1 aromatic rings. The summed E-state index contributed by atoms with van der Waals surface area (Å²) in [6.45, 7) is 0.812. The molecule has 2 N–H and O–H groups in total. The van der Waals surface area contributed by atoms with Crippen LogP contribution in [0.2, 0.25) is 0 Å². The molecule has 0 radical (unpaired) electrons. The van der Waals surface area contributed by atoms with E-state index in [1.807, 2.05) is 17.3 Å². The Bertz CT molecular complexity index is 477. The first-order valence-corrected chi connectivity index (χ1v) is 8.38. The quantitative estimate of drug-likeness (QED) is 0.902. The Labute approximate surface area is 131 Å². The fourth-order valence-corrected chi connectivity index (χ4v) is 3.75. The van der Waals surface area contributed by atoms with Crippen LogP contribution in [-0.4, -0.2) is 46.9 Å². The molecule has 122 valence electrons. The zero-order valence-corrected chi connectivity index (χ0v) is 13.3. The Morgan fingerprint density at radius 2 is 2.14 bits per heavy atom. The number of amides is 2. The van der Waals surface area contributed by atoms with Gasteiger partial charge in [0.15, 0.2) is 0 Å². The molecular formula is C16H26N4O2. The van der Waals surface area contributed by atoms with Crippen LogP contribution in [0.25, 0.3) is 0 Å². The number of rotatable bonds is 3. The van der Waals surface area contributed by atoms with Gasteiger partial charge in [-0.05, 0) is 32.1 Å². The number of methoxy groups -OCH3 is 1. The predicted octanol–water partition coefficient (Wildman–Crippen LogP) is 2.60. The lowest BCUT2D eigenvalue weighted by Gasteiger charge is -2.38. The van der Waals surface area contributed by atoms with Crippen LogP contribution in [0.4, 0.5) is 4.79 Å². The normalized spacial score (nSPS) is 29.3. The van der Waals surface area contributed by atoms with Gasteiger partial charge in [-0.2, -0.15) is 5.10 Å². The SMILES string of the molecule is CO[C@@H]1CCCC[C@@H]1NC(=O)N1CCCC[C@@H]1c1cn[nH]c1. The Morgan fingerprint density at radius 3 is 2.91 bits per heavy atom. The van der Waals surface area contributed by atoms with E-state index in [1.54, 1.807) is 7.11 Å². The molecule has 1 saturated heterocycles. The maximum absolute atomic E-state index is 12.8. The molecule has 0 unspecified atom stereocenters. The molecule has 1 aromatic heterocycles. The van der Waals surface area contributed by atoms with Crippen LogP contribution in [0.5, 0.6) is 0 Å². The molecule has 3 atom stereocenters. The number of H-pyrrole nitrogens is 1. The first kappa shape index (κ1) is 15.3. The Balaban J connectivity index is 1.66. The second-order valence-corrected chi connectivity index (χ2v) is 6.35. The van der Waals surface area contributed by atoms with Gasteiger partial charge in [0, 0.05) is 25.4 Å². The van der Waals surface area contributed by atoms with Crippen molar-refractivity contribution in [2.45, 2.75) is 63.1 Å². The summed E-state index contributed by atoms with van der Waals surface area (Å²) in [5.41, 5.74) is 1.10. The predicted molar refractivity (Wildman–Crippen MR) is 83.5 cm³/mol. The van der Waals surface area contributed by atoms with Gasteiger partial charge in [-0.1, -0.05) is 12.8 Å². The molecular weight excluding hydrogens is 280 g/mol. The number of carbonyl (C=O) groups excluding carboxylic acids is 1. The van der Waals surface area contributed by atoms with Gasteiger partial charge in [-0.25, -0.2) is 4.79 Å². The van der Waals surface area contributed by atoms with E-state index >= 15 is 0 Å². The molecule has 2 heterocycles. The largest absolute Gasteiger partial charge is 0.379 e. The van der Waals surface area contributed by atoms with Crippen molar-refractivity contribution in [2.24, 2.45) is 0 Å². The van der Waals surface area contributed by atoms with Crippen molar-refractivity contribution in [3.05, 3.63) is 18.0 Å². The number of carbonyl (C=O) groups is 1. The first-order chi connectivity index (χ1) is 10.8. The number of hydrogen-bond donors (Lipinski definition) is 2. The van der Waals surface area contributed by atoms with Gasteiger partial charge in [-0.15, -0.1) is 0 Å². The number of hydrogen-bond acceptors (Lipinski definition) is 3. The Kier molecular flexibility index (Phi) is 4.97. The lowest BCUT2D eigenvalue weighted by molar-refractivity contribution is 0.0412. The summed E-state index contributed by atoms with van der Waals surface area (Å²) in [7, 11) is 1.74. The van der Waals surface area contributed by atoms with Crippen molar-refractivity contribution in [1.29, 1.82) is 0 Å². The summed E-state index contributed by atoms with van der Waals surface area (Å²) in [5, 5.41) is 10.1. The average molecular weight is 306 g/mol. The van der Waals surface area contributed by atoms with E-state index in [0.29, 0.717) is 0 Å². The fourth-order valence-electron chi connectivity index (χ4n) is 3.75. The van der Waals surface area contributed by atoms with Crippen molar-refractivity contribution >= 4 is 6.03 Å². The van der Waals surface area contributed by atoms with E-state index in [9.17, 15) is 4.79 Å². The van der Waals surface area contributed by atoms with Gasteiger partial charge < -0.3 is 15.0 Å². The number of urea groups is 1. The third kappa shape index (κ3) is 3.27. The highest BCUT2D eigenvalue weighted by Gasteiger charge is 2.32. The van der Waals surface area contributed by atoms with Crippen molar-refractivity contribution in [1.82, 2.24) is 20.4 Å². The lowest BCUT2D eigenvalue weighted by atomic mass is 9.92. The molecule has 0 aromatic carbocycles. The van der Waals surface area contributed by atoms with Crippen molar-refractivity contribution < 1.29 is 9.53 Å². The van der Waals surface area contributed by atoms with Gasteiger partial charge in [0.25, 0.3) is 0 Å². The highest BCUT2D eigenvalue weighted by atomic mass is 16.5. The highest BCUT2D eigenvalue weighted by molar-refractivity contribution is 5.75. The van der Waals surface area contributed by atoms with Gasteiger partial charge in [0.05, 0.1) is 24.4 Å². The second-order valence-electron chi connectivity index (χ2n) is 6.35. The molecule has 1 aliphatic heterocycles. The minimum Gasteiger partial charge on any atom is -0.379 e. The standard InChI is InChI=1S/C16H26N4O2/c1-22-15-8-3-2-6-13(15)19-16(21)20-9-5-4-7-14(20)12-10-17-18-11-12/h10-11,13-15H,2-9H2,1H3,(H,17,18)(H,19,21)/t13-,14+,15+/m0/s1. The van der Waals surface area contributed by atoms with E-state index in [4.69, 9.17) is 4.74 Å². The molecule has 1 saturated carbocycles. The van der Waals surface area contributed by atoms with Gasteiger partial charge in [0.2, 0.25) is 0 Å². The van der Waals surface area contributed by atoms with Crippen molar-refractivity contribution in [3.8, 4) is 0 Å². The first-order valence-electron chi connectivity index (χ1n) is 8.38. The molecule has 0 bridgehead atoms. The van der Waals surface area contributed by atoms with Gasteiger partial charge >= 0.3 is 6.03 Å². The summed E-state index contributed by atoms with van der Waals surface area (Å²) < 4.78 is 5.54. The van der Waals surface area contributed by atoms with E-state index in [-0.39, 0.29) is 24.2 Å². The van der Waals surface area contributed by atoms with Crippen LogP contribution in [0.3, 0.4) is 0 Å². The summed E-state index contributed by atoms with van der Waals surface area (Å²) in [5.74, 6) is 0. The summed E-state index contributed by atoms with van der Waals surface area (Å²) in [6.07, 6.45) is 11.5. The highest BCUT2D eigenvalue weighted by Crippen LogP contribution is 2.30.